The Morgan fingerprint density at radius 2 is 0.585 bits per heavy atom. The van der Waals surface area contributed by atoms with E-state index in [0.29, 0.717) is 52.2 Å². The van der Waals surface area contributed by atoms with E-state index in [0.717, 1.165) is 61.7 Å². The predicted molar refractivity (Wildman–Crippen MR) is 446 cm³/mol. The SMILES string of the molecule is C.C.CC(C)c1cc(F)cc(F)c1.COc1ccc(C(C)C)cc1C.COc1ccc(C(C)C)cc1C.COc1ccc(C(C)C)cc1C.Cc1cc(C(C)C)ccc1Cl.Cc1cc(C(C)C)ccc1F.Cc1cc(Cl)cc(C(C)C)c1.Cc1cc(F)c(F)cc1C(C)C.Cc1cc(F)cc(F)c1C(C)C. The normalized spacial score (nSPS) is 10.4. The predicted octanol–water partition coefficient (Wildman–Crippen LogP) is 31.3. The number of hydrogen-bond donors (Lipinski definition) is 0. The van der Waals surface area contributed by atoms with Crippen LogP contribution in [0.5, 0.6) is 17.2 Å². The lowest BCUT2D eigenvalue weighted by atomic mass is 9.97. The lowest BCUT2D eigenvalue weighted by Crippen LogP contribution is -1.97. The molecule has 0 aliphatic rings. The Morgan fingerprint density at radius 1 is 0.255 bits per heavy atom. The smallest absolute Gasteiger partial charge is 0.159 e. The molecule has 9 aromatic rings. The standard InChI is InChI=1S/3C11H16O.2C10H13Cl.2C10H12F2.C10H13F.C9H10F2.2CH4/c3*1-8(2)10-5-6-11(12-4)9(3)7-10;1-7(2)9-4-8(3)5-10(11)6-9;1-7(2)9-4-5-10(11)8(3)6-9;1-6(2)8-5-10(12)9(11)4-7(8)3;1-6(2)10-7(3)4-8(11)5-9(10)12;1-7(2)9-4-5-10(11)8(3)6-9;1-6(2)7-3-8(10)5-9(11)4-7;;/h3*5-8H,1-4H3;2*4-7H,1-3H3;2*4-6H,1-3H3;4-7H,1-3H3;3-6H,1-2H3;2*1H4. The van der Waals surface area contributed by atoms with E-state index in [1.54, 1.807) is 42.1 Å². The second kappa shape index (κ2) is 50.2. The van der Waals surface area contributed by atoms with Gasteiger partial charge in [-0.1, -0.05) is 229 Å². The van der Waals surface area contributed by atoms with Crippen molar-refractivity contribution in [3.05, 3.63) is 297 Å². The highest BCUT2D eigenvalue weighted by molar-refractivity contribution is 6.31. The Hall–Kier alpha value is -7.53. The first kappa shape index (κ1) is 101. The fourth-order valence-corrected chi connectivity index (χ4v) is 11.0. The second-order valence-corrected chi connectivity index (χ2v) is 29.9. The molecule has 0 aromatic heterocycles. The average Bonchev–Trinajstić information content (AvgIpc) is 0.868. The van der Waals surface area contributed by atoms with Crippen LogP contribution in [0, 0.1) is 96.1 Å². The minimum absolute atomic E-state index is 0. The number of benzene rings is 9. The van der Waals surface area contributed by atoms with Gasteiger partial charge in [0, 0.05) is 22.2 Å². The molecule has 0 amide bonds. The van der Waals surface area contributed by atoms with E-state index in [1.807, 2.05) is 97.0 Å². The summed E-state index contributed by atoms with van der Waals surface area (Å²) in [6.07, 6.45) is 0. The zero-order valence-corrected chi connectivity index (χ0v) is 69.3. The van der Waals surface area contributed by atoms with E-state index in [2.05, 4.69) is 165 Å². The molecule has 0 spiro atoms. The molecular formula is C94H129Cl2F7O3. The first-order chi connectivity index (χ1) is 48.4. The summed E-state index contributed by atoms with van der Waals surface area (Å²) in [6, 6.07) is 45.1. The Balaban J connectivity index is 0. The Kier molecular flexibility index (Phi) is 47.6. The number of hydrogen-bond acceptors (Lipinski definition) is 3. The Labute approximate surface area is 648 Å². The number of methoxy groups -OCH3 is 3. The molecule has 0 saturated heterocycles. The van der Waals surface area contributed by atoms with Crippen molar-refractivity contribution in [1.29, 1.82) is 0 Å². The molecule has 0 N–H and O–H groups in total. The van der Waals surface area contributed by atoms with Crippen molar-refractivity contribution >= 4 is 23.2 Å². The van der Waals surface area contributed by atoms with Gasteiger partial charge in [0.15, 0.2) is 11.6 Å². The third-order valence-corrected chi connectivity index (χ3v) is 17.7. The maximum absolute atomic E-state index is 13.1. The van der Waals surface area contributed by atoms with Crippen LogP contribution in [0.25, 0.3) is 0 Å². The topological polar surface area (TPSA) is 27.7 Å². The van der Waals surface area contributed by atoms with E-state index in [4.69, 9.17) is 37.4 Å². The zero-order valence-electron chi connectivity index (χ0n) is 67.8. The Morgan fingerprint density at radius 3 is 0.896 bits per heavy atom. The highest BCUT2D eigenvalue weighted by Gasteiger charge is 2.13. The van der Waals surface area contributed by atoms with Crippen LogP contribution in [0.2, 0.25) is 10.0 Å². The van der Waals surface area contributed by atoms with Gasteiger partial charge in [0.05, 0.1) is 21.3 Å². The summed E-state index contributed by atoms with van der Waals surface area (Å²) in [6.45, 7) is 53.2. The van der Waals surface area contributed by atoms with Crippen LogP contribution in [0.15, 0.2) is 152 Å². The molecule has 12 heteroatoms. The minimum Gasteiger partial charge on any atom is -0.496 e. The van der Waals surface area contributed by atoms with Gasteiger partial charge in [0.25, 0.3) is 0 Å². The highest BCUT2D eigenvalue weighted by atomic mass is 35.5. The maximum Gasteiger partial charge on any atom is 0.159 e. The van der Waals surface area contributed by atoms with Gasteiger partial charge in [-0.3, -0.25) is 0 Å². The van der Waals surface area contributed by atoms with E-state index < -0.39 is 34.9 Å². The molecule has 0 aliphatic heterocycles. The maximum atomic E-state index is 13.1. The van der Waals surface area contributed by atoms with Crippen LogP contribution in [0.3, 0.4) is 0 Å². The van der Waals surface area contributed by atoms with Gasteiger partial charge in [0.2, 0.25) is 0 Å². The molecule has 3 nitrogen and oxygen atoms in total. The van der Waals surface area contributed by atoms with Gasteiger partial charge in [-0.05, 0) is 276 Å². The molecule has 0 aliphatic carbocycles. The number of rotatable bonds is 12. The number of halogens is 9. The van der Waals surface area contributed by atoms with E-state index in [-0.39, 0.29) is 38.4 Å². The lowest BCUT2D eigenvalue weighted by molar-refractivity contribution is 0.411. The molecule has 9 aromatic carbocycles. The summed E-state index contributed by atoms with van der Waals surface area (Å²) in [7, 11) is 5.12. The van der Waals surface area contributed by atoms with Gasteiger partial charge < -0.3 is 14.2 Å². The molecule has 0 saturated carbocycles. The third kappa shape index (κ3) is 36.4. The summed E-state index contributed by atoms with van der Waals surface area (Å²) >= 11 is 11.8. The van der Waals surface area contributed by atoms with E-state index >= 15 is 0 Å². The van der Waals surface area contributed by atoms with Gasteiger partial charge in [-0.15, -0.1) is 0 Å². The molecule has 9 rings (SSSR count). The van der Waals surface area contributed by atoms with Crippen LogP contribution >= 0.6 is 23.2 Å². The summed E-state index contributed by atoms with van der Waals surface area (Å²) in [5.41, 5.74) is 18.4. The highest BCUT2D eigenvalue weighted by Crippen LogP contribution is 2.29. The van der Waals surface area contributed by atoms with Crippen molar-refractivity contribution in [2.24, 2.45) is 0 Å². The van der Waals surface area contributed by atoms with Crippen molar-refractivity contribution in [2.45, 2.75) is 248 Å². The lowest BCUT2D eigenvalue weighted by Gasteiger charge is -2.10. The number of ether oxygens (including phenoxy) is 3. The molecule has 0 unspecified atom stereocenters. The van der Waals surface area contributed by atoms with Crippen molar-refractivity contribution < 1.29 is 44.9 Å². The Bertz CT molecular complexity index is 3720. The van der Waals surface area contributed by atoms with E-state index in [1.165, 1.54) is 92.0 Å². The molecule has 0 fully saturated rings. The summed E-state index contributed by atoms with van der Waals surface area (Å²) in [4.78, 5) is 0. The van der Waals surface area contributed by atoms with Crippen LogP contribution in [0.4, 0.5) is 30.7 Å². The van der Waals surface area contributed by atoms with Gasteiger partial charge >= 0.3 is 0 Å². The van der Waals surface area contributed by atoms with E-state index in [9.17, 15) is 30.7 Å². The van der Waals surface area contributed by atoms with Crippen LogP contribution < -0.4 is 14.2 Å². The summed E-state index contributed by atoms with van der Waals surface area (Å²) in [5.74, 6) is 3.23. The first-order valence-corrected chi connectivity index (χ1v) is 36.7. The zero-order chi connectivity index (χ0) is 79.7. The minimum atomic E-state index is -0.767. The van der Waals surface area contributed by atoms with Crippen molar-refractivity contribution in [1.82, 2.24) is 0 Å². The summed E-state index contributed by atoms with van der Waals surface area (Å²) in [5, 5.41) is 1.70. The van der Waals surface area contributed by atoms with Gasteiger partial charge in [-0.25, -0.2) is 30.7 Å². The molecule has 0 bridgehead atoms. The molecule has 106 heavy (non-hydrogen) atoms. The quantitative estimate of drug-likeness (QED) is 0.114. The molecule has 0 radical (unpaired) electrons. The molecule has 0 heterocycles. The third-order valence-electron chi connectivity index (χ3n) is 17.0. The average molecular weight is 1510 g/mol. The molecule has 586 valence electrons. The molecular weight excluding hydrogens is 1380 g/mol. The van der Waals surface area contributed by atoms with Crippen molar-refractivity contribution in [3.8, 4) is 17.2 Å². The fraction of sp³-hybridized carbons (Fsp3) is 0.426. The number of aryl methyl sites for hydroxylation is 8. The van der Waals surface area contributed by atoms with Gasteiger partial charge in [0.1, 0.15) is 46.3 Å². The molecule has 0 atom stereocenters. The van der Waals surface area contributed by atoms with Crippen LogP contribution in [-0.4, -0.2) is 21.3 Å². The van der Waals surface area contributed by atoms with Crippen molar-refractivity contribution in [3.63, 3.8) is 0 Å². The fourth-order valence-electron chi connectivity index (χ4n) is 10.6. The van der Waals surface area contributed by atoms with Crippen molar-refractivity contribution in [2.75, 3.05) is 21.3 Å². The largest absolute Gasteiger partial charge is 0.496 e. The monoisotopic (exact) mass is 1510 g/mol. The van der Waals surface area contributed by atoms with Crippen LogP contribution in [0.1, 0.15) is 287 Å². The first-order valence-electron chi connectivity index (χ1n) is 36.0. The van der Waals surface area contributed by atoms with Crippen LogP contribution in [-0.2, 0) is 0 Å². The summed E-state index contributed by atoms with van der Waals surface area (Å²) < 4.78 is 105. The second-order valence-electron chi connectivity index (χ2n) is 29.1. The van der Waals surface area contributed by atoms with Gasteiger partial charge in [-0.2, -0.15) is 0 Å².